The van der Waals surface area contributed by atoms with Crippen molar-refractivity contribution in [3.8, 4) is 0 Å². The maximum absolute atomic E-state index is 10.2. The van der Waals surface area contributed by atoms with Crippen LogP contribution in [0.4, 0.5) is 5.69 Å². The van der Waals surface area contributed by atoms with Gasteiger partial charge in [-0.25, -0.2) is 4.79 Å². The highest BCUT2D eigenvalue weighted by Gasteiger charge is 1.94. The summed E-state index contributed by atoms with van der Waals surface area (Å²) in [7, 11) is 0. The predicted octanol–water partition coefficient (Wildman–Crippen LogP) is 2.02. The molecule has 0 amide bonds. The van der Waals surface area contributed by atoms with Crippen LogP contribution in [0.15, 0.2) is 24.3 Å². The van der Waals surface area contributed by atoms with Crippen molar-refractivity contribution in [2.75, 3.05) is 5.73 Å². The summed E-state index contributed by atoms with van der Waals surface area (Å²) in [6.45, 7) is 0. The fourth-order valence-electron chi connectivity index (χ4n) is 0.900. The number of hydrogen-bond acceptors (Lipinski definition) is 2. The second-order valence-corrected chi connectivity index (χ2v) is 2.93. The highest BCUT2D eigenvalue weighted by molar-refractivity contribution is 6.31. The second kappa shape index (κ2) is 3.96. The highest BCUT2D eigenvalue weighted by atomic mass is 35.5. The minimum atomic E-state index is -1.00. The Hall–Kier alpha value is -1.48. The number of halogens is 1. The van der Waals surface area contributed by atoms with E-state index in [1.807, 2.05) is 0 Å². The van der Waals surface area contributed by atoms with Crippen LogP contribution in [0.1, 0.15) is 5.56 Å². The zero-order valence-electron chi connectivity index (χ0n) is 6.70. The molecule has 68 valence electrons. The first-order valence-corrected chi connectivity index (χ1v) is 3.93. The van der Waals surface area contributed by atoms with Crippen molar-refractivity contribution >= 4 is 29.3 Å². The van der Waals surface area contributed by atoms with E-state index in [2.05, 4.69) is 0 Å². The number of nitrogens with two attached hydrogens (primary N) is 1. The van der Waals surface area contributed by atoms with Crippen LogP contribution in [0.5, 0.6) is 0 Å². The lowest BCUT2D eigenvalue weighted by atomic mass is 10.2. The minimum Gasteiger partial charge on any atom is -0.478 e. The second-order valence-electron chi connectivity index (χ2n) is 2.49. The van der Waals surface area contributed by atoms with Crippen LogP contribution in [0, 0.1) is 0 Å². The highest BCUT2D eigenvalue weighted by Crippen LogP contribution is 2.17. The van der Waals surface area contributed by atoms with E-state index in [0.717, 1.165) is 6.08 Å². The van der Waals surface area contributed by atoms with Crippen molar-refractivity contribution in [1.29, 1.82) is 0 Å². The van der Waals surface area contributed by atoms with Crippen molar-refractivity contribution in [1.82, 2.24) is 0 Å². The van der Waals surface area contributed by atoms with E-state index in [4.69, 9.17) is 22.4 Å². The Bertz CT molecular complexity index is 340. The van der Waals surface area contributed by atoms with Crippen molar-refractivity contribution in [3.05, 3.63) is 34.9 Å². The summed E-state index contributed by atoms with van der Waals surface area (Å²) >= 11 is 5.70. The number of hydrogen-bond donors (Lipinski definition) is 2. The van der Waals surface area contributed by atoms with Gasteiger partial charge in [-0.15, -0.1) is 0 Å². The Balaban J connectivity index is 2.95. The maximum Gasteiger partial charge on any atom is 0.328 e. The number of carboxylic acid groups (broad SMARTS) is 1. The molecule has 0 aliphatic heterocycles. The molecule has 0 aromatic heterocycles. The summed E-state index contributed by atoms with van der Waals surface area (Å²) in [6, 6.07) is 4.88. The SMILES string of the molecule is Nc1cc(Cl)cc(/C=C/C(=O)O)c1. The standard InChI is InChI=1S/C9H8ClNO2/c10-7-3-6(1-2-9(12)13)4-8(11)5-7/h1-5H,11H2,(H,12,13)/b2-1+. The zero-order valence-corrected chi connectivity index (χ0v) is 7.45. The first kappa shape index (κ1) is 9.61. The average Bonchev–Trinajstić information content (AvgIpc) is 1.99. The van der Waals surface area contributed by atoms with Gasteiger partial charge in [0.05, 0.1) is 0 Å². The number of anilines is 1. The monoisotopic (exact) mass is 197 g/mol. The lowest BCUT2D eigenvalue weighted by Gasteiger charge is -1.97. The molecular formula is C9H8ClNO2. The van der Waals surface area contributed by atoms with Gasteiger partial charge < -0.3 is 10.8 Å². The number of carbonyl (C=O) groups is 1. The molecule has 0 unspecified atom stereocenters. The third-order valence-corrected chi connectivity index (χ3v) is 1.58. The zero-order chi connectivity index (χ0) is 9.84. The molecule has 13 heavy (non-hydrogen) atoms. The van der Waals surface area contributed by atoms with Gasteiger partial charge in [0.25, 0.3) is 0 Å². The first-order valence-electron chi connectivity index (χ1n) is 3.55. The van der Waals surface area contributed by atoms with E-state index in [0.29, 0.717) is 16.3 Å². The number of rotatable bonds is 2. The normalized spacial score (nSPS) is 10.5. The number of aliphatic carboxylic acids is 1. The fourth-order valence-corrected chi connectivity index (χ4v) is 1.15. The van der Waals surface area contributed by atoms with Gasteiger partial charge >= 0.3 is 5.97 Å². The minimum absolute atomic E-state index is 0.491. The van der Waals surface area contributed by atoms with Gasteiger partial charge in [0, 0.05) is 16.8 Å². The molecule has 0 heterocycles. The van der Waals surface area contributed by atoms with Crippen LogP contribution in [-0.2, 0) is 4.79 Å². The molecule has 0 aliphatic rings. The van der Waals surface area contributed by atoms with E-state index in [1.165, 1.54) is 6.08 Å². The topological polar surface area (TPSA) is 63.3 Å². The molecule has 0 radical (unpaired) electrons. The van der Waals surface area contributed by atoms with Gasteiger partial charge in [-0.3, -0.25) is 0 Å². The molecule has 1 aromatic carbocycles. The van der Waals surface area contributed by atoms with Gasteiger partial charge in [-0.1, -0.05) is 11.6 Å². The van der Waals surface area contributed by atoms with Crippen LogP contribution >= 0.6 is 11.6 Å². The number of nitrogen functional groups attached to an aromatic ring is 1. The number of carboxylic acids is 1. The summed E-state index contributed by atoms with van der Waals surface area (Å²) in [4.78, 5) is 10.2. The molecule has 0 fully saturated rings. The Kier molecular flexibility index (Phi) is 2.93. The fraction of sp³-hybridized carbons (Fsp3) is 0. The van der Waals surface area contributed by atoms with Gasteiger partial charge in [0.15, 0.2) is 0 Å². The molecule has 0 bridgehead atoms. The molecule has 0 atom stereocenters. The summed E-state index contributed by atoms with van der Waals surface area (Å²) in [5.41, 5.74) is 6.69. The summed E-state index contributed by atoms with van der Waals surface area (Å²) < 4.78 is 0. The van der Waals surface area contributed by atoms with Crippen molar-refractivity contribution in [2.45, 2.75) is 0 Å². The maximum atomic E-state index is 10.2. The third kappa shape index (κ3) is 3.17. The first-order chi connectivity index (χ1) is 6.08. The molecule has 3 nitrogen and oxygen atoms in total. The third-order valence-electron chi connectivity index (χ3n) is 1.36. The van der Waals surface area contributed by atoms with E-state index < -0.39 is 5.97 Å². The Labute approximate surface area is 80.4 Å². The summed E-state index contributed by atoms with van der Waals surface area (Å²) in [6.07, 6.45) is 2.47. The molecule has 0 spiro atoms. The molecule has 1 rings (SSSR count). The van der Waals surface area contributed by atoms with Crippen LogP contribution in [-0.4, -0.2) is 11.1 Å². The van der Waals surface area contributed by atoms with Crippen molar-refractivity contribution in [3.63, 3.8) is 0 Å². The van der Waals surface area contributed by atoms with Crippen LogP contribution in [0.25, 0.3) is 6.08 Å². The Morgan fingerprint density at radius 2 is 2.15 bits per heavy atom. The van der Waals surface area contributed by atoms with Crippen molar-refractivity contribution < 1.29 is 9.90 Å². The van der Waals surface area contributed by atoms with E-state index in [1.54, 1.807) is 18.2 Å². The Morgan fingerprint density at radius 1 is 1.46 bits per heavy atom. The lowest BCUT2D eigenvalue weighted by molar-refractivity contribution is -0.131. The quantitative estimate of drug-likeness (QED) is 0.563. The molecular weight excluding hydrogens is 190 g/mol. The molecule has 1 aromatic rings. The van der Waals surface area contributed by atoms with Crippen LogP contribution < -0.4 is 5.73 Å². The van der Waals surface area contributed by atoms with Gasteiger partial charge in [0.1, 0.15) is 0 Å². The van der Waals surface area contributed by atoms with Gasteiger partial charge in [-0.2, -0.15) is 0 Å². The van der Waals surface area contributed by atoms with E-state index >= 15 is 0 Å². The average molecular weight is 198 g/mol. The molecule has 3 N–H and O–H groups in total. The predicted molar refractivity (Wildman–Crippen MR) is 52.5 cm³/mol. The van der Waals surface area contributed by atoms with Crippen LogP contribution in [0.3, 0.4) is 0 Å². The van der Waals surface area contributed by atoms with Gasteiger partial charge in [0.2, 0.25) is 0 Å². The summed E-state index contributed by atoms with van der Waals surface area (Å²) in [5, 5.41) is 8.85. The lowest BCUT2D eigenvalue weighted by Crippen LogP contribution is -1.88. The van der Waals surface area contributed by atoms with Crippen LogP contribution in [0.2, 0.25) is 5.02 Å². The largest absolute Gasteiger partial charge is 0.478 e. The van der Waals surface area contributed by atoms with Crippen molar-refractivity contribution in [2.24, 2.45) is 0 Å². The Morgan fingerprint density at radius 3 is 2.69 bits per heavy atom. The van der Waals surface area contributed by atoms with E-state index in [9.17, 15) is 4.79 Å². The number of benzene rings is 1. The van der Waals surface area contributed by atoms with Gasteiger partial charge in [-0.05, 0) is 29.8 Å². The molecule has 0 saturated carbocycles. The molecule has 0 saturated heterocycles. The molecule has 4 heteroatoms. The summed E-state index contributed by atoms with van der Waals surface area (Å²) in [5.74, 6) is -1.00. The van der Waals surface area contributed by atoms with E-state index in [-0.39, 0.29) is 0 Å². The smallest absolute Gasteiger partial charge is 0.328 e. The molecule has 0 aliphatic carbocycles.